The van der Waals surface area contributed by atoms with Crippen molar-refractivity contribution in [3.05, 3.63) is 38.9 Å². The number of thiazole rings is 1. The van der Waals surface area contributed by atoms with E-state index in [2.05, 4.69) is 31.2 Å². The Morgan fingerprint density at radius 2 is 2.31 bits per heavy atom. The molecule has 0 bridgehead atoms. The van der Waals surface area contributed by atoms with Crippen molar-refractivity contribution in [2.45, 2.75) is 6.92 Å². The highest BCUT2D eigenvalue weighted by molar-refractivity contribution is 9.10. The molecule has 0 fully saturated rings. The van der Waals surface area contributed by atoms with E-state index in [9.17, 15) is 4.79 Å². The molecule has 0 aliphatic rings. The third-order valence-electron chi connectivity index (χ3n) is 1.92. The predicted octanol–water partition coefficient (Wildman–Crippen LogP) is 2.86. The van der Waals surface area contributed by atoms with Gasteiger partial charge in [0.1, 0.15) is 10.7 Å². The van der Waals surface area contributed by atoms with E-state index in [4.69, 9.17) is 0 Å². The lowest BCUT2D eigenvalue weighted by Crippen LogP contribution is -2.12. The summed E-state index contributed by atoms with van der Waals surface area (Å²) < 4.78 is 0.874. The minimum absolute atomic E-state index is 0.175. The zero-order chi connectivity index (χ0) is 11.5. The maximum Gasteiger partial charge on any atom is 0.268 e. The van der Waals surface area contributed by atoms with E-state index in [-0.39, 0.29) is 5.91 Å². The lowest BCUT2D eigenvalue weighted by Gasteiger charge is -2.02. The van der Waals surface area contributed by atoms with Crippen molar-refractivity contribution in [3.8, 4) is 0 Å². The zero-order valence-corrected chi connectivity index (χ0v) is 10.8. The zero-order valence-electron chi connectivity index (χ0n) is 8.40. The number of amides is 1. The largest absolute Gasteiger partial charge is 0.306 e. The molecule has 0 aliphatic heterocycles. The lowest BCUT2D eigenvalue weighted by atomic mass is 10.3. The average Bonchev–Trinajstić information content (AvgIpc) is 2.64. The van der Waals surface area contributed by atoms with Crippen LogP contribution in [0.25, 0.3) is 0 Å². The van der Waals surface area contributed by atoms with Crippen LogP contribution in [0.3, 0.4) is 0 Å². The summed E-state index contributed by atoms with van der Waals surface area (Å²) >= 11 is 4.63. The number of anilines is 1. The summed E-state index contributed by atoms with van der Waals surface area (Å²) in [6.07, 6.45) is 1.62. The Labute approximate surface area is 105 Å². The summed E-state index contributed by atoms with van der Waals surface area (Å²) in [5, 5.41) is 2.72. The Kier molecular flexibility index (Phi) is 3.31. The molecule has 0 radical (unpaired) electrons. The summed E-state index contributed by atoms with van der Waals surface area (Å²) in [5.41, 5.74) is 2.39. The van der Waals surface area contributed by atoms with Gasteiger partial charge in [0.05, 0.1) is 11.2 Å². The SMILES string of the molecule is Cc1ncsc1C(=O)Nc1cc(Br)ccn1. The number of nitrogens with zero attached hydrogens (tertiary/aromatic N) is 2. The number of nitrogens with one attached hydrogen (secondary N) is 1. The van der Waals surface area contributed by atoms with Crippen molar-refractivity contribution in [3.63, 3.8) is 0 Å². The van der Waals surface area contributed by atoms with Crippen molar-refractivity contribution in [1.82, 2.24) is 9.97 Å². The van der Waals surface area contributed by atoms with Crippen molar-refractivity contribution >= 4 is 39.0 Å². The first-order valence-electron chi connectivity index (χ1n) is 4.50. The fourth-order valence-corrected chi connectivity index (χ4v) is 2.20. The van der Waals surface area contributed by atoms with Crippen molar-refractivity contribution in [1.29, 1.82) is 0 Å². The summed E-state index contributed by atoms with van der Waals surface area (Å²) in [5.74, 6) is 0.345. The van der Waals surface area contributed by atoms with Gasteiger partial charge in [-0.15, -0.1) is 11.3 Å². The van der Waals surface area contributed by atoms with Gasteiger partial charge in [-0.05, 0) is 19.1 Å². The number of rotatable bonds is 2. The van der Waals surface area contributed by atoms with Gasteiger partial charge < -0.3 is 5.32 Å². The molecule has 0 saturated carbocycles. The molecule has 16 heavy (non-hydrogen) atoms. The van der Waals surface area contributed by atoms with Gasteiger partial charge in [-0.1, -0.05) is 15.9 Å². The average molecular weight is 298 g/mol. The Hall–Kier alpha value is -1.27. The molecule has 2 heterocycles. The van der Waals surface area contributed by atoms with Crippen LogP contribution >= 0.6 is 27.3 Å². The Bertz CT molecular complexity index is 526. The van der Waals surface area contributed by atoms with E-state index in [1.165, 1.54) is 11.3 Å². The van der Waals surface area contributed by atoms with E-state index in [1.54, 1.807) is 30.8 Å². The van der Waals surface area contributed by atoms with Crippen LogP contribution in [0.4, 0.5) is 5.82 Å². The normalized spacial score (nSPS) is 10.1. The highest BCUT2D eigenvalue weighted by Crippen LogP contribution is 2.16. The third-order valence-corrected chi connectivity index (χ3v) is 3.34. The molecule has 1 N–H and O–H groups in total. The van der Waals surface area contributed by atoms with Gasteiger partial charge in [-0.25, -0.2) is 9.97 Å². The summed E-state index contributed by atoms with van der Waals surface area (Å²) in [4.78, 5) is 20.5. The van der Waals surface area contributed by atoms with Gasteiger partial charge in [0.25, 0.3) is 5.91 Å². The maximum absolute atomic E-state index is 11.8. The van der Waals surface area contributed by atoms with E-state index in [0.717, 1.165) is 10.2 Å². The predicted molar refractivity (Wildman–Crippen MR) is 66.7 cm³/mol. The molecule has 82 valence electrons. The molecule has 6 heteroatoms. The Balaban J connectivity index is 2.17. The minimum atomic E-state index is -0.175. The maximum atomic E-state index is 11.8. The molecule has 0 aliphatic carbocycles. The van der Waals surface area contributed by atoms with Crippen molar-refractivity contribution in [2.24, 2.45) is 0 Å². The van der Waals surface area contributed by atoms with E-state index in [0.29, 0.717) is 10.7 Å². The van der Waals surface area contributed by atoms with Gasteiger partial charge >= 0.3 is 0 Å². The molecule has 2 aromatic rings. The van der Waals surface area contributed by atoms with Crippen LogP contribution in [0.1, 0.15) is 15.4 Å². The highest BCUT2D eigenvalue weighted by atomic mass is 79.9. The van der Waals surface area contributed by atoms with Crippen LogP contribution in [0.15, 0.2) is 28.3 Å². The monoisotopic (exact) mass is 297 g/mol. The molecule has 0 saturated heterocycles. The first kappa shape index (κ1) is 11.2. The molecule has 0 aromatic carbocycles. The third kappa shape index (κ3) is 2.45. The number of pyridine rings is 1. The van der Waals surface area contributed by atoms with Gasteiger partial charge in [0.15, 0.2) is 0 Å². The molecular weight excluding hydrogens is 290 g/mol. The first-order chi connectivity index (χ1) is 7.66. The van der Waals surface area contributed by atoms with Crippen LogP contribution < -0.4 is 5.32 Å². The Morgan fingerprint density at radius 3 is 2.94 bits per heavy atom. The number of aromatic nitrogens is 2. The molecule has 1 amide bonds. The van der Waals surface area contributed by atoms with Gasteiger partial charge in [-0.2, -0.15) is 0 Å². The van der Waals surface area contributed by atoms with Crippen LogP contribution in [-0.4, -0.2) is 15.9 Å². The van der Waals surface area contributed by atoms with Gasteiger partial charge in [0.2, 0.25) is 0 Å². The van der Waals surface area contributed by atoms with Crippen LogP contribution in [0.2, 0.25) is 0 Å². The quantitative estimate of drug-likeness (QED) is 0.927. The lowest BCUT2D eigenvalue weighted by molar-refractivity contribution is 0.102. The summed E-state index contributed by atoms with van der Waals surface area (Å²) in [7, 11) is 0. The highest BCUT2D eigenvalue weighted by Gasteiger charge is 2.12. The molecule has 0 atom stereocenters. The van der Waals surface area contributed by atoms with E-state index < -0.39 is 0 Å². The number of aryl methyl sites for hydroxylation is 1. The second-order valence-corrected chi connectivity index (χ2v) is 4.85. The summed E-state index contributed by atoms with van der Waals surface area (Å²) in [6.45, 7) is 1.81. The minimum Gasteiger partial charge on any atom is -0.306 e. The first-order valence-corrected chi connectivity index (χ1v) is 6.17. The molecule has 2 aromatic heterocycles. The number of carbonyl (C=O) groups excluding carboxylic acids is 1. The fraction of sp³-hybridized carbons (Fsp3) is 0.100. The number of hydrogen-bond acceptors (Lipinski definition) is 4. The van der Waals surface area contributed by atoms with Crippen molar-refractivity contribution in [2.75, 3.05) is 5.32 Å². The molecule has 2 rings (SSSR count). The molecule has 0 unspecified atom stereocenters. The summed E-state index contributed by atoms with van der Waals surface area (Å²) in [6, 6.07) is 3.54. The number of halogens is 1. The standard InChI is InChI=1S/C10H8BrN3OS/c1-6-9(16-5-13-6)10(15)14-8-4-7(11)2-3-12-8/h2-5H,1H3,(H,12,14,15). The van der Waals surface area contributed by atoms with Crippen LogP contribution in [0.5, 0.6) is 0 Å². The molecule has 0 spiro atoms. The topological polar surface area (TPSA) is 54.9 Å². The number of carbonyl (C=O) groups is 1. The van der Waals surface area contributed by atoms with E-state index >= 15 is 0 Å². The van der Waals surface area contributed by atoms with E-state index in [1.807, 2.05) is 0 Å². The van der Waals surface area contributed by atoms with Crippen molar-refractivity contribution < 1.29 is 4.79 Å². The fourth-order valence-electron chi connectivity index (χ4n) is 1.17. The Morgan fingerprint density at radius 1 is 1.50 bits per heavy atom. The second-order valence-electron chi connectivity index (χ2n) is 3.08. The second kappa shape index (κ2) is 4.71. The molecular formula is C10H8BrN3OS. The molecule has 4 nitrogen and oxygen atoms in total. The smallest absolute Gasteiger partial charge is 0.268 e. The number of hydrogen-bond donors (Lipinski definition) is 1. The van der Waals surface area contributed by atoms with Crippen LogP contribution in [-0.2, 0) is 0 Å². The van der Waals surface area contributed by atoms with Crippen LogP contribution in [0, 0.1) is 6.92 Å². The van der Waals surface area contributed by atoms with Gasteiger partial charge in [0, 0.05) is 10.7 Å². The van der Waals surface area contributed by atoms with Gasteiger partial charge in [-0.3, -0.25) is 4.79 Å².